The van der Waals surface area contributed by atoms with Crippen LogP contribution in [0, 0.1) is 11.3 Å². The van der Waals surface area contributed by atoms with Gasteiger partial charge in [0.1, 0.15) is 6.54 Å². The van der Waals surface area contributed by atoms with E-state index in [0.29, 0.717) is 19.0 Å². The maximum Gasteiger partial charge on any atom is 0.323 e. The molecule has 5 heteroatoms. The second-order valence-electron chi connectivity index (χ2n) is 6.42. The van der Waals surface area contributed by atoms with Gasteiger partial charge in [0.2, 0.25) is 0 Å². The van der Waals surface area contributed by atoms with Crippen LogP contribution in [-0.4, -0.2) is 53.6 Å². The van der Waals surface area contributed by atoms with Gasteiger partial charge in [0.15, 0.2) is 0 Å². The Hall–Kier alpha value is -1.26. The van der Waals surface area contributed by atoms with Crippen molar-refractivity contribution in [2.24, 2.45) is 11.3 Å². The Bertz CT molecular complexity index is 319. The van der Waals surface area contributed by atoms with E-state index in [2.05, 4.69) is 20.8 Å². The first-order valence-electron chi connectivity index (χ1n) is 6.41. The van der Waals surface area contributed by atoms with Crippen LogP contribution in [0.3, 0.4) is 0 Å². The first kappa shape index (κ1) is 14.8. The number of rotatable bonds is 5. The maximum atomic E-state index is 12.2. The second kappa shape index (κ2) is 5.59. The zero-order chi connectivity index (χ0) is 13.9. The van der Waals surface area contributed by atoms with Gasteiger partial charge >= 0.3 is 12.0 Å². The number of nitrogens with zero attached hydrogens (tertiary/aromatic N) is 2. The zero-order valence-corrected chi connectivity index (χ0v) is 11.8. The molecule has 0 aliphatic heterocycles. The predicted molar refractivity (Wildman–Crippen MR) is 69.4 cm³/mol. The summed E-state index contributed by atoms with van der Waals surface area (Å²) in [4.78, 5) is 26.1. The number of hydrogen-bond acceptors (Lipinski definition) is 2. The number of carboxylic acid groups (broad SMARTS) is 1. The van der Waals surface area contributed by atoms with E-state index in [4.69, 9.17) is 5.11 Å². The van der Waals surface area contributed by atoms with Gasteiger partial charge in [-0.2, -0.15) is 0 Å². The number of amides is 2. The molecular weight excluding hydrogens is 232 g/mol. The molecule has 104 valence electrons. The summed E-state index contributed by atoms with van der Waals surface area (Å²) >= 11 is 0. The van der Waals surface area contributed by atoms with Crippen molar-refractivity contribution >= 4 is 12.0 Å². The number of carboxylic acids is 1. The first-order chi connectivity index (χ1) is 8.19. The van der Waals surface area contributed by atoms with Crippen molar-refractivity contribution in [2.75, 3.05) is 26.7 Å². The lowest BCUT2D eigenvalue weighted by atomic mass is 9.96. The van der Waals surface area contributed by atoms with E-state index < -0.39 is 5.97 Å². The molecule has 0 bridgehead atoms. The van der Waals surface area contributed by atoms with Gasteiger partial charge in [0.05, 0.1) is 0 Å². The SMILES string of the molecule is CN(CC(C)(C)C)C(=O)N(CC(=O)O)CC1CC1. The minimum atomic E-state index is -0.951. The van der Waals surface area contributed by atoms with Gasteiger partial charge in [-0.3, -0.25) is 4.79 Å². The monoisotopic (exact) mass is 256 g/mol. The van der Waals surface area contributed by atoms with E-state index in [1.165, 1.54) is 4.90 Å². The molecule has 1 saturated carbocycles. The summed E-state index contributed by atoms with van der Waals surface area (Å²) in [5.74, 6) is -0.454. The Labute approximate surface area is 109 Å². The molecule has 0 aromatic rings. The molecule has 0 spiro atoms. The fourth-order valence-corrected chi connectivity index (χ4v) is 2.01. The van der Waals surface area contributed by atoms with E-state index in [0.717, 1.165) is 12.8 Å². The fraction of sp³-hybridized carbons (Fsp3) is 0.846. The van der Waals surface area contributed by atoms with Crippen molar-refractivity contribution < 1.29 is 14.7 Å². The Morgan fingerprint density at radius 3 is 2.22 bits per heavy atom. The van der Waals surface area contributed by atoms with Crippen molar-refractivity contribution in [1.82, 2.24) is 9.80 Å². The van der Waals surface area contributed by atoms with Crippen LogP contribution in [-0.2, 0) is 4.79 Å². The van der Waals surface area contributed by atoms with Crippen LogP contribution in [0.1, 0.15) is 33.6 Å². The summed E-state index contributed by atoms with van der Waals surface area (Å²) in [6.45, 7) is 7.15. The second-order valence-corrected chi connectivity index (χ2v) is 6.42. The number of aliphatic carboxylic acids is 1. The van der Waals surface area contributed by atoms with Crippen molar-refractivity contribution in [2.45, 2.75) is 33.6 Å². The van der Waals surface area contributed by atoms with Crippen LogP contribution in [0.5, 0.6) is 0 Å². The summed E-state index contributed by atoms with van der Waals surface area (Å²) < 4.78 is 0. The fourth-order valence-electron chi connectivity index (χ4n) is 2.01. The Morgan fingerprint density at radius 2 is 1.83 bits per heavy atom. The molecule has 0 aromatic heterocycles. The summed E-state index contributed by atoms with van der Waals surface area (Å²) in [7, 11) is 1.73. The number of hydrogen-bond donors (Lipinski definition) is 1. The topological polar surface area (TPSA) is 60.9 Å². The van der Waals surface area contributed by atoms with E-state index in [1.807, 2.05) is 0 Å². The number of carbonyl (C=O) groups excluding carboxylic acids is 1. The number of urea groups is 1. The van der Waals surface area contributed by atoms with Crippen LogP contribution in [0.4, 0.5) is 4.79 Å². The lowest BCUT2D eigenvalue weighted by Gasteiger charge is -2.31. The van der Waals surface area contributed by atoms with E-state index >= 15 is 0 Å². The third kappa shape index (κ3) is 5.38. The van der Waals surface area contributed by atoms with Crippen LogP contribution in [0.2, 0.25) is 0 Å². The van der Waals surface area contributed by atoms with Gasteiger partial charge in [-0.25, -0.2) is 4.79 Å². The molecule has 0 radical (unpaired) electrons. The van der Waals surface area contributed by atoms with E-state index in [1.54, 1.807) is 11.9 Å². The Kier molecular flexibility index (Phi) is 4.59. The molecular formula is C13H24N2O3. The molecule has 0 aromatic carbocycles. The summed E-state index contributed by atoms with van der Waals surface area (Å²) in [6, 6.07) is -0.181. The van der Waals surface area contributed by atoms with Gasteiger partial charge < -0.3 is 14.9 Å². The Morgan fingerprint density at radius 1 is 1.28 bits per heavy atom. The lowest BCUT2D eigenvalue weighted by Crippen LogP contribution is -2.46. The smallest absolute Gasteiger partial charge is 0.323 e. The maximum absolute atomic E-state index is 12.2. The molecule has 0 atom stereocenters. The number of carbonyl (C=O) groups is 2. The normalized spacial score (nSPS) is 15.3. The van der Waals surface area contributed by atoms with Crippen molar-refractivity contribution in [1.29, 1.82) is 0 Å². The highest BCUT2D eigenvalue weighted by atomic mass is 16.4. The summed E-state index contributed by atoms with van der Waals surface area (Å²) in [6.07, 6.45) is 2.21. The molecule has 5 nitrogen and oxygen atoms in total. The zero-order valence-electron chi connectivity index (χ0n) is 11.8. The first-order valence-corrected chi connectivity index (χ1v) is 6.41. The third-order valence-corrected chi connectivity index (χ3v) is 2.81. The molecule has 1 fully saturated rings. The highest BCUT2D eigenvalue weighted by molar-refractivity contribution is 5.80. The molecule has 0 heterocycles. The van der Waals surface area contributed by atoms with Gasteiger partial charge in [0.25, 0.3) is 0 Å². The van der Waals surface area contributed by atoms with Gasteiger partial charge in [-0.05, 0) is 24.2 Å². The minimum Gasteiger partial charge on any atom is -0.480 e. The standard InChI is InChI=1S/C13H24N2O3/c1-13(2,3)9-14(4)12(18)15(8-11(16)17)7-10-5-6-10/h10H,5-9H2,1-4H3,(H,16,17). The van der Waals surface area contributed by atoms with Crippen molar-refractivity contribution in [3.63, 3.8) is 0 Å². The summed E-state index contributed by atoms with van der Waals surface area (Å²) in [5.41, 5.74) is 0.0128. The Balaban J connectivity index is 2.58. The molecule has 1 aliphatic rings. The molecule has 18 heavy (non-hydrogen) atoms. The van der Waals surface area contributed by atoms with Crippen LogP contribution >= 0.6 is 0 Å². The third-order valence-electron chi connectivity index (χ3n) is 2.81. The molecule has 2 amide bonds. The molecule has 1 aliphatic carbocycles. The molecule has 1 N–H and O–H groups in total. The lowest BCUT2D eigenvalue weighted by molar-refractivity contribution is -0.137. The van der Waals surface area contributed by atoms with Gasteiger partial charge in [0, 0.05) is 20.1 Å². The molecule has 1 rings (SSSR count). The van der Waals surface area contributed by atoms with Crippen LogP contribution in [0.15, 0.2) is 0 Å². The van der Waals surface area contributed by atoms with Crippen molar-refractivity contribution in [3.05, 3.63) is 0 Å². The average Bonchev–Trinajstić information content (AvgIpc) is 2.96. The summed E-state index contributed by atoms with van der Waals surface area (Å²) in [5, 5.41) is 8.87. The minimum absolute atomic E-state index is 0.0128. The van der Waals surface area contributed by atoms with Gasteiger partial charge in [-0.15, -0.1) is 0 Å². The van der Waals surface area contributed by atoms with Gasteiger partial charge in [-0.1, -0.05) is 20.8 Å². The van der Waals surface area contributed by atoms with E-state index in [-0.39, 0.29) is 18.0 Å². The molecule has 0 unspecified atom stereocenters. The predicted octanol–water partition coefficient (Wildman–Crippen LogP) is 1.88. The van der Waals surface area contributed by atoms with Crippen molar-refractivity contribution in [3.8, 4) is 0 Å². The average molecular weight is 256 g/mol. The quantitative estimate of drug-likeness (QED) is 0.817. The highest BCUT2D eigenvalue weighted by Crippen LogP contribution is 2.30. The largest absolute Gasteiger partial charge is 0.480 e. The highest BCUT2D eigenvalue weighted by Gasteiger charge is 2.30. The molecule has 0 saturated heterocycles. The van der Waals surface area contributed by atoms with Crippen LogP contribution in [0.25, 0.3) is 0 Å². The van der Waals surface area contributed by atoms with E-state index in [9.17, 15) is 9.59 Å². The van der Waals surface area contributed by atoms with Crippen LogP contribution < -0.4 is 0 Å².